The Morgan fingerprint density at radius 1 is 1.25 bits per heavy atom. The summed E-state index contributed by atoms with van der Waals surface area (Å²) in [6, 6.07) is 12.5. The number of hydrogen-bond acceptors (Lipinski definition) is 4. The van der Waals surface area contributed by atoms with Crippen LogP contribution in [0.1, 0.15) is 30.2 Å². The van der Waals surface area contributed by atoms with Crippen LogP contribution in [0.3, 0.4) is 0 Å². The molecule has 124 valence electrons. The standard InChI is InChI=1S/C18H17ClN2O3/c1-12(2)21(11-15-7-4-8-23-15)18(22)17-10-16(20-24-17)13-5-3-6-14(19)9-13/h3-10,12H,11H2,1-2H3. The summed E-state index contributed by atoms with van der Waals surface area (Å²) in [5.41, 5.74) is 1.37. The molecule has 3 aromatic rings. The minimum Gasteiger partial charge on any atom is -0.467 e. The zero-order valence-electron chi connectivity index (χ0n) is 13.4. The molecule has 0 aliphatic rings. The summed E-state index contributed by atoms with van der Waals surface area (Å²) in [7, 11) is 0. The van der Waals surface area contributed by atoms with Gasteiger partial charge in [0.15, 0.2) is 0 Å². The Bertz CT molecular complexity index is 824. The Hall–Kier alpha value is -2.53. The van der Waals surface area contributed by atoms with Crippen molar-refractivity contribution in [1.82, 2.24) is 10.1 Å². The van der Waals surface area contributed by atoms with Crippen molar-refractivity contribution in [1.29, 1.82) is 0 Å². The number of carbonyl (C=O) groups excluding carboxylic acids is 1. The zero-order valence-corrected chi connectivity index (χ0v) is 14.2. The van der Waals surface area contributed by atoms with Crippen molar-refractivity contribution in [3.8, 4) is 11.3 Å². The number of aromatic nitrogens is 1. The van der Waals surface area contributed by atoms with Crippen LogP contribution in [-0.2, 0) is 6.54 Å². The van der Waals surface area contributed by atoms with Gasteiger partial charge in [0.25, 0.3) is 5.91 Å². The van der Waals surface area contributed by atoms with Crippen LogP contribution < -0.4 is 0 Å². The van der Waals surface area contributed by atoms with E-state index >= 15 is 0 Å². The van der Waals surface area contributed by atoms with Gasteiger partial charge in [-0.05, 0) is 38.1 Å². The third-order valence-corrected chi connectivity index (χ3v) is 3.87. The fourth-order valence-electron chi connectivity index (χ4n) is 2.36. The Balaban J connectivity index is 1.83. The second kappa shape index (κ2) is 6.93. The van der Waals surface area contributed by atoms with Gasteiger partial charge in [0.05, 0.1) is 12.8 Å². The summed E-state index contributed by atoms with van der Waals surface area (Å²) in [5.74, 6) is 0.666. The summed E-state index contributed by atoms with van der Waals surface area (Å²) in [4.78, 5) is 14.4. The topological polar surface area (TPSA) is 59.5 Å². The average Bonchev–Trinajstić information content (AvgIpc) is 3.23. The van der Waals surface area contributed by atoms with Crippen molar-refractivity contribution in [2.24, 2.45) is 0 Å². The maximum Gasteiger partial charge on any atom is 0.293 e. The molecule has 5 nitrogen and oxygen atoms in total. The van der Waals surface area contributed by atoms with E-state index in [1.54, 1.807) is 35.4 Å². The average molecular weight is 345 g/mol. The predicted molar refractivity (Wildman–Crippen MR) is 90.7 cm³/mol. The Labute approximate surface area is 144 Å². The van der Waals surface area contributed by atoms with Crippen LogP contribution >= 0.6 is 11.6 Å². The highest BCUT2D eigenvalue weighted by Crippen LogP contribution is 2.23. The van der Waals surface area contributed by atoms with E-state index in [1.165, 1.54) is 0 Å². The molecule has 0 N–H and O–H groups in total. The normalized spacial score (nSPS) is 11.0. The van der Waals surface area contributed by atoms with E-state index < -0.39 is 0 Å². The second-order valence-electron chi connectivity index (χ2n) is 5.69. The number of carbonyl (C=O) groups is 1. The smallest absolute Gasteiger partial charge is 0.293 e. The molecule has 0 atom stereocenters. The number of benzene rings is 1. The molecule has 0 aliphatic heterocycles. The van der Waals surface area contributed by atoms with Crippen LogP contribution in [0.4, 0.5) is 0 Å². The highest BCUT2D eigenvalue weighted by atomic mass is 35.5. The van der Waals surface area contributed by atoms with Gasteiger partial charge in [-0.25, -0.2) is 0 Å². The lowest BCUT2D eigenvalue weighted by molar-refractivity contribution is 0.0633. The summed E-state index contributed by atoms with van der Waals surface area (Å²) < 4.78 is 10.6. The molecule has 2 heterocycles. The molecule has 2 aromatic heterocycles. The summed E-state index contributed by atoms with van der Waals surface area (Å²) in [6.45, 7) is 4.25. The zero-order chi connectivity index (χ0) is 17.1. The molecule has 0 aliphatic carbocycles. The van der Waals surface area contributed by atoms with Gasteiger partial charge < -0.3 is 13.8 Å². The molecule has 3 rings (SSSR count). The molecule has 0 fully saturated rings. The lowest BCUT2D eigenvalue weighted by Crippen LogP contribution is -2.36. The molecule has 0 saturated carbocycles. The Morgan fingerprint density at radius 3 is 2.75 bits per heavy atom. The third-order valence-electron chi connectivity index (χ3n) is 3.63. The number of halogens is 1. The van der Waals surface area contributed by atoms with Gasteiger partial charge in [-0.3, -0.25) is 4.79 Å². The van der Waals surface area contributed by atoms with Crippen LogP contribution in [-0.4, -0.2) is 22.0 Å². The number of nitrogens with zero attached hydrogens (tertiary/aromatic N) is 2. The van der Waals surface area contributed by atoms with Crippen molar-refractivity contribution in [3.63, 3.8) is 0 Å². The van der Waals surface area contributed by atoms with E-state index in [4.69, 9.17) is 20.5 Å². The lowest BCUT2D eigenvalue weighted by atomic mass is 10.1. The maximum atomic E-state index is 12.7. The van der Waals surface area contributed by atoms with Gasteiger partial charge in [-0.15, -0.1) is 0 Å². The van der Waals surface area contributed by atoms with Gasteiger partial charge in [-0.1, -0.05) is 28.9 Å². The van der Waals surface area contributed by atoms with Crippen LogP contribution in [0.15, 0.2) is 57.7 Å². The molecule has 0 bridgehead atoms. The van der Waals surface area contributed by atoms with Crippen LogP contribution in [0.25, 0.3) is 11.3 Å². The molecular weight excluding hydrogens is 328 g/mol. The second-order valence-corrected chi connectivity index (χ2v) is 6.13. The number of amides is 1. The first-order chi connectivity index (χ1) is 11.5. The fraction of sp³-hybridized carbons (Fsp3) is 0.222. The Kier molecular flexibility index (Phi) is 4.71. The molecular formula is C18H17ClN2O3. The number of furan rings is 1. The first kappa shape index (κ1) is 16.3. The SMILES string of the molecule is CC(C)N(Cc1ccco1)C(=O)c1cc(-c2cccc(Cl)c2)no1. The molecule has 0 unspecified atom stereocenters. The van der Waals surface area contributed by atoms with Crippen molar-refractivity contribution in [3.05, 3.63) is 65.3 Å². The maximum absolute atomic E-state index is 12.7. The summed E-state index contributed by atoms with van der Waals surface area (Å²) in [6.07, 6.45) is 1.59. The molecule has 0 radical (unpaired) electrons. The highest BCUT2D eigenvalue weighted by Gasteiger charge is 2.24. The van der Waals surface area contributed by atoms with Crippen molar-refractivity contribution in [2.75, 3.05) is 0 Å². The first-order valence-electron chi connectivity index (χ1n) is 7.60. The number of rotatable bonds is 5. The molecule has 24 heavy (non-hydrogen) atoms. The molecule has 0 spiro atoms. The van der Waals surface area contributed by atoms with Crippen LogP contribution in [0.2, 0.25) is 5.02 Å². The van der Waals surface area contributed by atoms with Crippen LogP contribution in [0.5, 0.6) is 0 Å². The van der Waals surface area contributed by atoms with E-state index in [0.717, 1.165) is 5.56 Å². The van der Waals surface area contributed by atoms with Gasteiger partial charge in [0.1, 0.15) is 11.5 Å². The minimum absolute atomic E-state index is 0.0117. The molecule has 6 heteroatoms. The molecule has 1 amide bonds. The third kappa shape index (κ3) is 3.51. The van der Waals surface area contributed by atoms with E-state index in [-0.39, 0.29) is 17.7 Å². The van der Waals surface area contributed by atoms with E-state index in [1.807, 2.05) is 32.0 Å². The molecule has 0 saturated heterocycles. The lowest BCUT2D eigenvalue weighted by Gasteiger charge is -2.24. The van der Waals surface area contributed by atoms with Crippen LogP contribution in [0, 0.1) is 0 Å². The predicted octanol–water partition coefficient (Wildman–Crippen LogP) is 4.64. The van der Waals surface area contributed by atoms with Crippen molar-refractivity contribution in [2.45, 2.75) is 26.4 Å². The summed E-state index contributed by atoms with van der Waals surface area (Å²) >= 11 is 5.99. The van der Waals surface area contributed by atoms with E-state index in [9.17, 15) is 4.79 Å². The van der Waals surface area contributed by atoms with Gasteiger partial charge >= 0.3 is 0 Å². The van der Waals surface area contributed by atoms with Gasteiger partial charge in [-0.2, -0.15) is 0 Å². The van der Waals surface area contributed by atoms with Gasteiger partial charge in [0, 0.05) is 22.7 Å². The van der Waals surface area contributed by atoms with Gasteiger partial charge in [0.2, 0.25) is 5.76 Å². The number of hydrogen-bond donors (Lipinski definition) is 0. The largest absolute Gasteiger partial charge is 0.467 e. The fourth-order valence-corrected chi connectivity index (χ4v) is 2.55. The monoisotopic (exact) mass is 344 g/mol. The quantitative estimate of drug-likeness (QED) is 0.676. The van der Waals surface area contributed by atoms with E-state index in [0.29, 0.717) is 23.0 Å². The molecule has 1 aromatic carbocycles. The minimum atomic E-state index is -0.234. The van der Waals surface area contributed by atoms with Crippen molar-refractivity contribution < 1.29 is 13.7 Å². The summed E-state index contributed by atoms with van der Waals surface area (Å²) in [5, 5.41) is 4.58. The Morgan fingerprint density at radius 2 is 2.08 bits per heavy atom. The van der Waals surface area contributed by atoms with E-state index in [2.05, 4.69) is 5.16 Å². The highest BCUT2D eigenvalue weighted by molar-refractivity contribution is 6.30. The van der Waals surface area contributed by atoms with Crippen molar-refractivity contribution >= 4 is 17.5 Å². The first-order valence-corrected chi connectivity index (χ1v) is 7.98.